The zero-order valence-corrected chi connectivity index (χ0v) is 8.50. The van der Waals surface area contributed by atoms with Crippen molar-refractivity contribution in [2.45, 2.75) is 25.3 Å². The Morgan fingerprint density at radius 1 is 1.50 bits per heavy atom. The molecule has 1 saturated heterocycles. The first-order valence-electron chi connectivity index (χ1n) is 4.83. The lowest BCUT2D eigenvalue weighted by Crippen LogP contribution is -2.26. The van der Waals surface area contributed by atoms with Crippen molar-refractivity contribution < 1.29 is 0 Å². The maximum atomic E-state index is 4.44. The van der Waals surface area contributed by atoms with Crippen LogP contribution in [0.25, 0.3) is 4.96 Å². The van der Waals surface area contributed by atoms with Crippen molar-refractivity contribution in [2.24, 2.45) is 0 Å². The molecule has 1 fully saturated rings. The van der Waals surface area contributed by atoms with Crippen LogP contribution in [-0.2, 0) is 0 Å². The van der Waals surface area contributed by atoms with Crippen LogP contribution in [-0.4, -0.2) is 26.4 Å². The van der Waals surface area contributed by atoms with Gasteiger partial charge in [-0.3, -0.25) is 0 Å². The summed E-state index contributed by atoms with van der Waals surface area (Å²) in [4.78, 5) is 0.882. The lowest BCUT2D eigenvalue weighted by Gasteiger charge is -2.20. The highest BCUT2D eigenvalue weighted by atomic mass is 32.1. The molecule has 0 saturated carbocycles. The molecule has 0 spiro atoms. The maximum absolute atomic E-state index is 4.44. The summed E-state index contributed by atoms with van der Waals surface area (Å²) in [6.45, 7) is 1.10. The van der Waals surface area contributed by atoms with E-state index in [1.165, 1.54) is 19.3 Å². The monoisotopic (exact) mass is 209 g/mol. The first kappa shape index (κ1) is 8.31. The minimum atomic E-state index is 0.426. The van der Waals surface area contributed by atoms with Gasteiger partial charge in [-0.2, -0.15) is 9.61 Å². The van der Waals surface area contributed by atoms with Crippen molar-refractivity contribution in [1.82, 2.24) is 25.1 Å². The summed E-state index contributed by atoms with van der Waals surface area (Å²) in [6, 6.07) is 0.426. The molecule has 0 aliphatic carbocycles. The zero-order valence-electron chi connectivity index (χ0n) is 7.68. The third-order valence-electron chi connectivity index (χ3n) is 2.51. The highest BCUT2D eigenvalue weighted by Gasteiger charge is 2.19. The van der Waals surface area contributed by atoms with Crippen LogP contribution in [0.4, 0.5) is 0 Å². The second-order valence-electron chi connectivity index (χ2n) is 3.50. The lowest BCUT2D eigenvalue weighted by molar-refractivity contribution is 0.408. The van der Waals surface area contributed by atoms with E-state index < -0.39 is 0 Å². The van der Waals surface area contributed by atoms with E-state index in [1.54, 1.807) is 22.2 Å². The Bertz CT molecular complexity index is 399. The molecule has 1 N–H and O–H groups in total. The third-order valence-corrected chi connectivity index (χ3v) is 3.54. The van der Waals surface area contributed by atoms with E-state index in [2.05, 4.69) is 20.6 Å². The fraction of sp³-hybridized carbons (Fsp3) is 0.625. The van der Waals surface area contributed by atoms with E-state index in [1.807, 2.05) is 0 Å². The van der Waals surface area contributed by atoms with Crippen LogP contribution >= 0.6 is 11.3 Å². The van der Waals surface area contributed by atoms with Gasteiger partial charge in [-0.25, -0.2) is 0 Å². The molecule has 3 heterocycles. The molecule has 1 unspecified atom stereocenters. The molecule has 6 heteroatoms. The van der Waals surface area contributed by atoms with Gasteiger partial charge in [-0.05, 0) is 19.4 Å². The van der Waals surface area contributed by atoms with Gasteiger partial charge >= 0.3 is 0 Å². The first-order chi connectivity index (χ1) is 6.93. The Balaban J connectivity index is 1.92. The van der Waals surface area contributed by atoms with E-state index in [-0.39, 0.29) is 0 Å². The number of fused-ring (bicyclic) bond motifs is 1. The fourth-order valence-electron chi connectivity index (χ4n) is 1.78. The third kappa shape index (κ3) is 1.31. The predicted molar refractivity (Wildman–Crippen MR) is 53.3 cm³/mol. The summed E-state index contributed by atoms with van der Waals surface area (Å²) in [6.07, 6.45) is 5.40. The van der Waals surface area contributed by atoms with Gasteiger partial charge < -0.3 is 5.32 Å². The van der Waals surface area contributed by atoms with Gasteiger partial charge in [0.25, 0.3) is 0 Å². The van der Waals surface area contributed by atoms with Crippen LogP contribution in [0.2, 0.25) is 0 Å². The lowest BCUT2D eigenvalue weighted by atomic mass is 10.1. The molecular weight excluding hydrogens is 198 g/mol. The van der Waals surface area contributed by atoms with E-state index in [9.17, 15) is 0 Å². The second kappa shape index (κ2) is 3.29. The quantitative estimate of drug-likeness (QED) is 0.761. The van der Waals surface area contributed by atoms with Gasteiger partial charge in [0.05, 0.1) is 6.04 Å². The van der Waals surface area contributed by atoms with Crippen molar-refractivity contribution in [1.29, 1.82) is 0 Å². The Labute approximate surface area is 85.2 Å². The number of hydrogen-bond donors (Lipinski definition) is 1. The minimum absolute atomic E-state index is 0.426. The SMILES string of the molecule is c1nnc2sc(C3CCCCN3)nn12. The molecule has 1 atom stereocenters. The molecule has 0 bridgehead atoms. The molecule has 3 rings (SSSR count). The molecular formula is C8H11N5S. The number of hydrogen-bond acceptors (Lipinski definition) is 5. The van der Waals surface area contributed by atoms with Crippen LogP contribution in [0.1, 0.15) is 30.3 Å². The fourth-order valence-corrected chi connectivity index (χ4v) is 2.71. The summed E-state index contributed by atoms with van der Waals surface area (Å²) in [5.41, 5.74) is 0. The average Bonchev–Trinajstić information content (AvgIpc) is 2.78. The molecule has 5 nitrogen and oxygen atoms in total. The average molecular weight is 209 g/mol. The second-order valence-corrected chi connectivity index (χ2v) is 4.49. The van der Waals surface area contributed by atoms with Crippen LogP contribution in [0.3, 0.4) is 0 Å². The standard InChI is InChI=1S/C8H11N5S/c1-2-4-9-6(3-1)7-12-13-5-10-11-8(13)14-7/h5-6,9H,1-4H2. The van der Waals surface area contributed by atoms with Crippen molar-refractivity contribution in [2.75, 3.05) is 6.54 Å². The largest absolute Gasteiger partial charge is 0.308 e. The van der Waals surface area contributed by atoms with Gasteiger partial charge in [0, 0.05) is 0 Å². The topological polar surface area (TPSA) is 55.1 Å². The Kier molecular flexibility index (Phi) is 1.95. The smallest absolute Gasteiger partial charge is 0.234 e. The molecule has 1 aliphatic heterocycles. The molecule has 2 aromatic heterocycles. The normalized spacial score (nSPS) is 23.0. The van der Waals surface area contributed by atoms with Crippen LogP contribution in [0.5, 0.6) is 0 Å². The number of nitrogens with one attached hydrogen (secondary N) is 1. The predicted octanol–water partition coefficient (Wildman–Crippen LogP) is 1.00. The van der Waals surface area contributed by atoms with Gasteiger partial charge in [0.1, 0.15) is 11.3 Å². The maximum Gasteiger partial charge on any atom is 0.234 e. The summed E-state index contributed by atoms with van der Waals surface area (Å²) in [5.74, 6) is 0. The van der Waals surface area contributed by atoms with Crippen molar-refractivity contribution in [3.8, 4) is 0 Å². The number of piperidine rings is 1. The van der Waals surface area contributed by atoms with Gasteiger partial charge in [-0.15, -0.1) is 10.2 Å². The van der Waals surface area contributed by atoms with Gasteiger partial charge in [0.2, 0.25) is 4.96 Å². The number of aromatic nitrogens is 4. The van der Waals surface area contributed by atoms with E-state index in [0.29, 0.717) is 6.04 Å². The minimum Gasteiger partial charge on any atom is -0.308 e. The molecule has 0 aromatic carbocycles. The summed E-state index contributed by atoms with van der Waals surface area (Å²) >= 11 is 1.63. The molecule has 1 aliphatic rings. The molecule has 74 valence electrons. The summed E-state index contributed by atoms with van der Waals surface area (Å²) in [5, 5.41) is 16.8. The molecule has 0 radical (unpaired) electrons. The van der Waals surface area contributed by atoms with E-state index in [0.717, 1.165) is 16.5 Å². The van der Waals surface area contributed by atoms with Crippen molar-refractivity contribution in [3.05, 3.63) is 11.3 Å². The Hall–Kier alpha value is -1.01. The van der Waals surface area contributed by atoms with Crippen molar-refractivity contribution in [3.63, 3.8) is 0 Å². The van der Waals surface area contributed by atoms with Gasteiger partial charge in [0.15, 0.2) is 0 Å². The first-order valence-corrected chi connectivity index (χ1v) is 5.65. The highest BCUT2D eigenvalue weighted by Crippen LogP contribution is 2.25. The molecule has 0 amide bonds. The Morgan fingerprint density at radius 2 is 2.50 bits per heavy atom. The van der Waals surface area contributed by atoms with Crippen LogP contribution < -0.4 is 5.32 Å². The van der Waals surface area contributed by atoms with Crippen LogP contribution in [0.15, 0.2) is 6.33 Å². The zero-order chi connectivity index (χ0) is 9.38. The molecule has 2 aromatic rings. The number of nitrogens with zero attached hydrogens (tertiary/aromatic N) is 4. The summed E-state index contributed by atoms with van der Waals surface area (Å²) < 4.78 is 1.75. The number of rotatable bonds is 1. The van der Waals surface area contributed by atoms with Gasteiger partial charge in [-0.1, -0.05) is 17.8 Å². The Morgan fingerprint density at radius 3 is 3.29 bits per heavy atom. The summed E-state index contributed by atoms with van der Waals surface area (Å²) in [7, 11) is 0. The van der Waals surface area contributed by atoms with Crippen LogP contribution in [0, 0.1) is 0 Å². The molecule has 14 heavy (non-hydrogen) atoms. The highest BCUT2D eigenvalue weighted by molar-refractivity contribution is 7.16. The van der Waals surface area contributed by atoms with E-state index in [4.69, 9.17) is 0 Å². The van der Waals surface area contributed by atoms with E-state index >= 15 is 0 Å². The van der Waals surface area contributed by atoms with Crippen molar-refractivity contribution >= 4 is 16.3 Å².